The molecule has 6 nitrogen and oxygen atoms in total. The lowest BCUT2D eigenvalue weighted by Gasteiger charge is -2.05. The zero-order valence-electron chi connectivity index (χ0n) is 9.69. The number of carboxylic acids is 2. The van der Waals surface area contributed by atoms with Crippen LogP contribution in [0.4, 0.5) is 0 Å². The van der Waals surface area contributed by atoms with E-state index in [9.17, 15) is 9.59 Å². The molecule has 0 aliphatic rings. The van der Waals surface area contributed by atoms with Crippen LogP contribution in [0.2, 0.25) is 0 Å². The van der Waals surface area contributed by atoms with Gasteiger partial charge in [-0.2, -0.15) is 0 Å². The van der Waals surface area contributed by atoms with Crippen molar-refractivity contribution in [2.24, 2.45) is 11.5 Å². The second kappa shape index (κ2) is 11.9. The molecule has 0 aliphatic heterocycles. The van der Waals surface area contributed by atoms with Crippen molar-refractivity contribution in [1.82, 2.24) is 0 Å². The van der Waals surface area contributed by atoms with Gasteiger partial charge in [-0.15, -0.1) is 0 Å². The van der Waals surface area contributed by atoms with Crippen molar-refractivity contribution in [2.75, 3.05) is 6.54 Å². The number of carbonyl (C=O) groups is 2. The van der Waals surface area contributed by atoms with E-state index in [1.54, 1.807) is 0 Å². The third kappa shape index (κ3) is 18.6. The van der Waals surface area contributed by atoms with E-state index in [1.165, 1.54) is 0 Å². The molecule has 0 fully saturated rings. The van der Waals surface area contributed by atoms with Gasteiger partial charge in [0.25, 0.3) is 0 Å². The fourth-order valence-electron chi connectivity index (χ4n) is 0.847. The Balaban J connectivity index is 0. The molecule has 0 spiro atoms. The summed E-state index contributed by atoms with van der Waals surface area (Å²) in [4.78, 5) is 19.6. The lowest BCUT2D eigenvalue weighted by Crippen LogP contribution is -2.29. The molecule has 0 bridgehead atoms. The van der Waals surface area contributed by atoms with Crippen LogP contribution in [0.25, 0.3) is 0 Å². The monoisotopic (exact) mass is 234 g/mol. The van der Waals surface area contributed by atoms with Gasteiger partial charge in [0.15, 0.2) is 0 Å². The third-order valence-corrected chi connectivity index (χ3v) is 1.73. The van der Waals surface area contributed by atoms with Crippen LogP contribution in [0.3, 0.4) is 0 Å². The standard InChI is InChI=1S/C6H14N2O2.C4H8O2/c7-4-5(8)2-1-3-6(9)10;1-2-3-4(5)6/h5H,1-4,7-8H2,(H,9,10);2-3H2,1H3,(H,5,6). The highest BCUT2D eigenvalue weighted by atomic mass is 16.4. The molecule has 0 saturated carbocycles. The van der Waals surface area contributed by atoms with E-state index in [1.807, 2.05) is 6.92 Å². The van der Waals surface area contributed by atoms with Crippen LogP contribution in [0.5, 0.6) is 0 Å². The largest absolute Gasteiger partial charge is 0.481 e. The first-order valence-electron chi connectivity index (χ1n) is 5.33. The quantitative estimate of drug-likeness (QED) is 0.505. The Morgan fingerprint density at radius 2 is 1.69 bits per heavy atom. The van der Waals surface area contributed by atoms with Gasteiger partial charge in [0.05, 0.1) is 0 Å². The SMILES string of the molecule is CCCC(=O)O.NCC(N)CCCC(=O)O. The van der Waals surface area contributed by atoms with Crippen LogP contribution in [-0.4, -0.2) is 34.7 Å². The molecule has 6 heteroatoms. The highest BCUT2D eigenvalue weighted by molar-refractivity contribution is 5.66. The second-order valence-electron chi connectivity index (χ2n) is 3.43. The molecular formula is C10H22N2O4. The van der Waals surface area contributed by atoms with Crippen LogP contribution in [-0.2, 0) is 9.59 Å². The van der Waals surface area contributed by atoms with Gasteiger partial charge in [0, 0.05) is 25.4 Å². The van der Waals surface area contributed by atoms with Crippen LogP contribution in [0.1, 0.15) is 39.0 Å². The summed E-state index contributed by atoms with van der Waals surface area (Å²) in [5.41, 5.74) is 10.7. The van der Waals surface area contributed by atoms with Gasteiger partial charge in [-0.1, -0.05) is 6.92 Å². The zero-order valence-corrected chi connectivity index (χ0v) is 9.69. The number of rotatable bonds is 7. The summed E-state index contributed by atoms with van der Waals surface area (Å²) in [6, 6.07) is -0.0423. The highest BCUT2D eigenvalue weighted by Gasteiger charge is 2.01. The predicted octanol–water partition coefficient (Wildman–Crippen LogP) is 0.398. The molecule has 0 rings (SSSR count). The van der Waals surface area contributed by atoms with Crippen molar-refractivity contribution >= 4 is 11.9 Å². The van der Waals surface area contributed by atoms with Gasteiger partial charge >= 0.3 is 11.9 Å². The Labute approximate surface area is 95.6 Å². The Hall–Kier alpha value is -1.14. The maximum absolute atomic E-state index is 10.00. The van der Waals surface area contributed by atoms with Gasteiger partial charge in [-0.3, -0.25) is 9.59 Å². The van der Waals surface area contributed by atoms with Crippen LogP contribution >= 0.6 is 0 Å². The molecule has 0 radical (unpaired) electrons. The van der Waals surface area contributed by atoms with Crippen molar-refractivity contribution in [1.29, 1.82) is 0 Å². The normalized spacial score (nSPS) is 11.2. The van der Waals surface area contributed by atoms with Gasteiger partial charge in [-0.25, -0.2) is 0 Å². The van der Waals surface area contributed by atoms with E-state index in [0.717, 1.165) is 6.42 Å². The average molecular weight is 234 g/mol. The molecule has 0 aromatic heterocycles. The Morgan fingerprint density at radius 1 is 1.19 bits per heavy atom. The topological polar surface area (TPSA) is 127 Å². The molecule has 0 amide bonds. The molecule has 6 N–H and O–H groups in total. The number of carboxylic acid groups (broad SMARTS) is 2. The van der Waals surface area contributed by atoms with Gasteiger partial charge in [0.2, 0.25) is 0 Å². The van der Waals surface area contributed by atoms with E-state index in [0.29, 0.717) is 25.8 Å². The average Bonchev–Trinajstić information content (AvgIpc) is 2.17. The Kier molecular flexibility index (Phi) is 12.9. The number of hydrogen-bond donors (Lipinski definition) is 4. The minimum Gasteiger partial charge on any atom is -0.481 e. The maximum atomic E-state index is 10.00. The first kappa shape index (κ1) is 17.3. The van der Waals surface area contributed by atoms with E-state index in [4.69, 9.17) is 21.7 Å². The number of nitrogens with two attached hydrogens (primary N) is 2. The maximum Gasteiger partial charge on any atom is 0.303 e. The van der Waals surface area contributed by atoms with Crippen molar-refractivity contribution in [2.45, 2.75) is 45.1 Å². The fraction of sp³-hybridized carbons (Fsp3) is 0.800. The molecule has 1 atom stereocenters. The molecule has 0 aromatic carbocycles. The summed E-state index contributed by atoms with van der Waals surface area (Å²) < 4.78 is 0. The van der Waals surface area contributed by atoms with Crippen LogP contribution < -0.4 is 11.5 Å². The van der Waals surface area contributed by atoms with Crippen LogP contribution in [0, 0.1) is 0 Å². The molecule has 1 unspecified atom stereocenters. The Morgan fingerprint density at radius 3 is 1.94 bits per heavy atom. The summed E-state index contributed by atoms with van der Waals surface area (Å²) >= 11 is 0. The lowest BCUT2D eigenvalue weighted by molar-refractivity contribution is -0.138. The Bertz CT molecular complexity index is 197. The summed E-state index contributed by atoms with van der Waals surface area (Å²) in [6.45, 7) is 2.27. The van der Waals surface area contributed by atoms with Gasteiger partial charge in [-0.05, 0) is 19.3 Å². The fourth-order valence-corrected chi connectivity index (χ4v) is 0.847. The van der Waals surface area contributed by atoms with Gasteiger partial charge in [0.1, 0.15) is 0 Å². The van der Waals surface area contributed by atoms with Crippen molar-refractivity contribution in [3.63, 3.8) is 0 Å². The molecular weight excluding hydrogens is 212 g/mol. The summed E-state index contributed by atoms with van der Waals surface area (Å²) in [5.74, 6) is -1.48. The minimum absolute atomic E-state index is 0.0423. The first-order valence-corrected chi connectivity index (χ1v) is 5.33. The summed E-state index contributed by atoms with van der Waals surface area (Å²) in [6.07, 6.45) is 2.53. The van der Waals surface area contributed by atoms with E-state index >= 15 is 0 Å². The predicted molar refractivity (Wildman–Crippen MR) is 61.1 cm³/mol. The number of hydrogen-bond acceptors (Lipinski definition) is 4. The first-order chi connectivity index (χ1) is 7.43. The second-order valence-corrected chi connectivity index (χ2v) is 3.43. The number of aliphatic carboxylic acids is 2. The molecule has 0 aromatic rings. The summed E-state index contributed by atoms with van der Waals surface area (Å²) in [7, 11) is 0. The van der Waals surface area contributed by atoms with E-state index in [2.05, 4.69) is 0 Å². The lowest BCUT2D eigenvalue weighted by atomic mass is 10.1. The van der Waals surface area contributed by atoms with E-state index in [-0.39, 0.29) is 12.5 Å². The van der Waals surface area contributed by atoms with Gasteiger partial charge < -0.3 is 21.7 Å². The molecule has 0 heterocycles. The minimum atomic E-state index is -0.774. The summed E-state index contributed by atoms with van der Waals surface area (Å²) in [5, 5.41) is 16.1. The molecule has 0 saturated heterocycles. The van der Waals surface area contributed by atoms with Crippen molar-refractivity contribution in [3.8, 4) is 0 Å². The van der Waals surface area contributed by atoms with E-state index < -0.39 is 11.9 Å². The highest BCUT2D eigenvalue weighted by Crippen LogP contribution is 1.97. The molecule has 0 aliphatic carbocycles. The molecule has 16 heavy (non-hydrogen) atoms. The van der Waals surface area contributed by atoms with Crippen molar-refractivity contribution in [3.05, 3.63) is 0 Å². The third-order valence-electron chi connectivity index (χ3n) is 1.73. The van der Waals surface area contributed by atoms with Crippen molar-refractivity contribution < 1.29 is 19.8 Å². The smallest absolute Gasteiger partial charge is 0.303 e. The van der Waals surface area contributed by atoms with Crippen LogP contribution in [0.15, 0.2) is 0 Å². The molecule has 96 valence electrons. The zero-order chi connectivity index (χ0) is 13.0.